The minimum absolute atomic E-state index is 0.0233. The van der Waals surface area contributed by atoms with Crippen molar-refractivity contribution >= 4 is 5.91 Å². The summed E-state index contributed by atoms with van der Waals surface area (Å²) < 4.78 is 46.3. The number of nitrogens with zero attached hydrogens (tertiary/aromatic N) is 3. The number of hydrogen-bond donors (Lipinski definition) is 0. The summed E-state index contributed by atoms with van der Waals surface area (Å²) in [5.74, 6) is -1.98. The summed E-state index contributed by atoms with van der Waals surface area (Å²) >= 11 is 0. The molecule has 3 rings (SSSR count). The van der Waals surface area contributed by atoms with Crippen molar-refractivity contribution in [3.8, 4) is 0 Å². The molecule has 0 aliphatic carbocycles. The first-order valence-electron chi connectivity index (χ1n) is 6.17. The van der Waals surface area contributed by atoms with E-state index in [0.29, 0.717) is 18.5 Å². The Morgan fingerprint density at radius 1 is 1.43 bits per heavy atom. The molecule has 1 atom stereocenters. The molecule has 1 aliphatic heterocycles. The molecule has 112 valence electrons. The highest BCUT2D eigenvalue weighted by atomic mass is 19.4. The second kappa shape index (κ2) is 4.90. The highest BCUT2D eigenvalue weighted by molar-refractivity contribution is 5.94. The number of amides is 1. The van der Waals surface area contributed by atoms with Crippen molar-refractivity contribution < 1.29 is 26.9 Å². The van der Waals surface area contributed by atoms with Crippen molar-refractivity contribution in [2.24, 2.45) is 0 Å². The van der Waals surface area contributed by atoms with E-state index in [1.165, 1.54) is 23.5 Å². The molecule has 0 spiro atoms. The van der Waals surface area contributed by atoms with Gasteiger partial charge < -0.3 is 13.8 Å². The Bertz CT molecular complexity index is 636. The smallest absolute Gasteiger partial charge is 0.471 e. The first-order valence-corrected chi connectivity index (χ1v) is 6.17. The van der Waals surface area contributed by atoms with Gasteiger partial charge in [-0.2, -0.15) is 18.2 Å². The average Bonchev–Trinajstić information content (AvgIpc) is 3.17. The first-order chi connectivity index (χ1) is 9.95. The lowest BCUT2D eigenvalue weighted by Gasteiger charge is -2.14. The van der Waals surface area contributed by atoms with E-state index >= 15 is 0 Å². The number of furan rings is 1. The van der Waals surface area contributed by atoms with Crippen LogP contribution in [0.4, 0.5) is 13.2 Å². The lowest BCUT2D eigenvalue weighted by atomic mass is 10.1. The normalized spacial score (nSPS) is 19.2. The van der Waals surface area contributed by atoms with E-state index in [2.05, 4.69) is 14.7 Å². The van der Waals surface area contributed by atoms with Crippen molar-refractivity contribution in [1.82, 2.24) is 15.0 Å². The van der Waals surface area contributed by atoms with Gasteiger partial charge in [-0.15, -0.1) is 0 Å². The summed E-state index contributed by atoms with van der Waals surface area (Å²) in [5, 5.41) is 3.36. The predicted molar refractivity (Wildman–Crippen MR) is 61.3 cm³/mol. The van der Waals surface area contributed by atoms with Crippen LogP contribution in [-0.2, 0) is 6.18 Å². The molecule has 9 heteroatoms. The molecule has 2 aromatic rings. The van der Waals surface area contributed by atoms with Crippen LogP contribution in [0, 0.1) is 0 Å². The van der Waals surface area contributed by atoms with Gasteiger partial charge in [-0.25, -0.2) is 0 Å². The summed E-state index contributed by atoms with van der Waals surface area (Å²) in [7, 11) is 0. The van der Waals surface area contributed by atoms with Crippen LogP contribution in [0.25, 0.3) is 0 Å². The Labute approximate surface area is 116 Å². The number of alkyl halides is 3. The van der Waals surface area contributed by atoms with Gasteiger partial charge in [0.05, 0.1) is 11.8 Å². The summed E-state index contributed by atoms with van der Waals surface area (Å²) in [5.41, 5.74) is 0.403. The molecule has 0 saturated carbocycles. The van der Waals surface area contributed by atoms with Crippen LogP contribution in [0.1, 0.15) is 34.4 Å². The third-order valence-electron chi connectivity index (χ3n) is 3.29. The average molecular weight is 301 g/mol. The molecule has 1 saturated heterocycles. The maximum Gasteiger partial charge on any atom is 0.471 e. The summed E-state index contributed by atoms with van der Waals surface area (Å²) in [6, 6.07) is 1.53. The van der Waals surface area contributed by atoms with Gasteiger partial charge in [0.25, 0.3) is 5.91 Å². The van der Waals surface area contributed by atoms with Crippen LogP contribution in [0.3, 0.4) is 0 Å². The molecular weight excluding hydrogens is 291 g/mol. The van der Waals surface area contributed by atoms with Gasteiger partial charge in [-0.3, -0.25) is 4.79 Å². The third-order valence-corrected chi connectivity index (χ3v) is 3.29. The number of carbonyl (C=O) groups is 1. The number of likely N-dealkylation sites (tertiary alicyclic amines) is 1. The van der Waals surface area contributed by atoms with Crippen LogP contribution in [0.5, 0.6) is 0 Å². The minimum Gasteiger partial charge on any atom is -0.472 e. The summed E-state index contributed by atoms with van der Waals surface area (Å²) in [6.07, 6.45) is -1.46. The van der Waals surface area contributed by atoms with Gasteiger partial charge in [0, 0.05) is 19.0 Å². The number of aromatic nitrogens is 2. The molecule has 2 aromatic heterocycles. The van der Waals surface area contributed by atoms with Crippen molar-refractivity contribution in [3.63, 3.8) is 0 Å². The van der Waals surface area contributed by atoms with Gasteiger partial charge in [-0.1, -0.05) is 5.16 Å². The van der Waals surface area contributed by atoms with Crippen LogP contribution in [0.15, 0.2) is 27.5 Å². The van der Waals surface area contributed by atoms with E-state index in [1.54, 1.807) is 0 Å². The van der Waals surface area contributed by atoms with Gasteiger partial charge in [0.1, 0.15) is 6.26 Å². The van der Waals surface area contributed by atoms with E-state index in [1.807, 2.05) is 0 Å². The fourth-order valence-corrected chi connectivity index (χ4v) is 2.24. The molecule has 1 amide bonds. The number of rotatable bonds is 2. The SMILES string of the molecule is O=C(c1ccoc1)N1CC[C@H](c2noc(C(F)(F)F)n2)C1. The lowest BCUT2D eigenvalue weighted by Crippen LogP contribution is -2.28. The molecular formula is C12H10F3N3O3. The van der Waals surface area contributed by atoms with Gasteiger partial charge in [0.15, 0.2) is 5.82 Å². The van der Waals surface area contributed by atoms with E-state index in [-0.39, 0.29) is 24.2 Å². The fourth-order valence-electron chi connectivity index (χ4n) is 2.24. The second-order valence-corrected chi connectivity index (χ2v) is 4.70. The van der Waals surface area contributed by atoms with Gasteiger partial charge in [-0.05, 0) is 12.5 Å². The number of carbonyl (C=O) groups excluding carboxylic acids is 1. The number of hydrogen-bond acceptors (Lipinski definition) is 5. The molecule has 6 nitrogen and oxygen atoms in total. The summed E-state index contributed by atoms with van der Waals surface area (Å²) in [6.45, 7) is 0.672. The largest absolute Gasteiger partial charge is 0.472 e. The molecule has 0 aromatic carbocycles. The van der Waals surface area contributed by atoms with Crippen molar-refractivity contribution in [3.05, 3.63) is 35.9 Å². The van der Waals surface area contributed by atoms with Crippen molar-refractivity contribution in [2.75, 3.05) is 13.1 Å². The van der Waals surface area contributed by atoms with Gasteiger partial charge >= 0.3 is 12.1 Å². The van der Waals surface area contributed by atoms with Crippen molar-refractivity contribution in [1.29, 1.82) is 0 Å². The molecule has 1 aliphatic rings. The zero-order valence-corrected chi connectivity index (χ0v) is 10.6. The third kappa shape index (κ3) is 2.63. The Morgan fingerprint density at radius 3 is 2.86 bits per heavy atom. The fraction of sp³-hybridized carbons (Fsp3) is 0.417. The summed E-state index contributed by atoms with van der Waals surface area (Å²) in [4.78, 5) is 17.0. The monoisotopic (exact) mass is 301 g/mol. The standard InChI is InChI=1S/C12H10F3N3O3/c13-12(14,15)11-16-9(17-21-11)7-1-3-18(5-7)10(19)8-2-4-20-6-8/h2,4,6-7H,1,3,5H2/t7-/m0/s1. The molecule has 1 fully saturated rings. The second-order valence-electron chi connectivity index (χ2n) is 4.70. The molecule has 0 bridgehead atoms. The lowest BCUT2D eigenvalue weighted by molar-refractivity contribution is -0.159. The highest BCUT2D eigenvalue weighted by Gasteiger charge is 2.40. The maximum absolute atomic E-state index is 12.4. The highest BCUT2D eigenvalue weighted by Crippen LogP contribution is 2.31. The minimum atomic E-state index is -4.66. The molecule has 0 radical (unpaired) electrons. The zero-order valence-electron chi connectivity index (χ0n) is 10.6. The Kier molecular flexibility index (Phi) is 3.19. The van der Waals surface area contributed by atoms with Crippen LogP contribution in [0.2, 0.25) is 0 Å². The maximum atomic E-state index is 12.4. The van der Waals surface area contributed by atoms with Crippen LogP contribution >= 0.6 is 0 Å². The topological polar surface area (TPSA) is 72.4 Å². The Morgan fingerprint density at radius 2 is 2.24 bits per heavy atom. The molecule has 0 unspecified atom stereocenters. The van der Waals surface area contributed by atoms with E-state index in [4.69, 9.17) is 4.42 Å². The van der Waals surface area contributed by atoms with Gasteiger partial charge in [0.2, 0.25) is 0 Å². The molecule has 21 heavy (non-hydrogen) atoms. The number of halogens is 3. The van der Waals surface area contributed by atoms with Crippen molar-refractivity contribution in [2.45, 2.75) is 18.5 Å². The Balaban J connectivity index is 1.70. The van der Waals surface area contributed by atoms with Crippen LogP contribution in [-0.4, -0.2) is 34.0 Å². The van der Waals surface area contributed by atoms with Crippen LogP contribution < -0.4 is 0 Å². The quantitative estimate of drug-likeness (QED) is 0.851. The van der Waals surface area contributed by atoms with E-state index in [0.717, 1.165) is 0 Å². The predicted octanol–water partition coefficient (Wildman–Crippen LogP) is 2.31. The first kappa shape index (κ1) is 13.7. The van der Waals surface area contributed by atoms with E-state index < -0.39 is 12.1 Å². The van der Waals surface area contributed by atoms with E-state index in [9.17, 15) is 18.0 Å². The molecule has 3 heterocycles. The molecule has 0 N–H and O–H groups in total. The zero-order chi connectivity index (χ0) is 15.0. The Hall–Kier alpha value is -2.32.